The number of phenolic OH excluding ortho intramolecular Hbond substituents is 1. The molecular formula is C17H11ClN2O3S2. The molecule has 2 aromatic rings. The van der Waals surface area contributed by atoms with Gasteiger partial charge in [0.2, 0.25) is 0 Å². The number of thiocarbonyl (C=S) groups is 1. The lowest BCUT2D eigenvalue weighted by Gasteiger charge is -2.15. The SMILES string of the molecule is O=C(NN1C(=O)/C(=C\c2ccc(O)cc2)SC1=S)c1cccc(Cl)c1. The first-order valence-electron chi connectivity index (χ1n) is 7.07. The van der Waals surface area contributed by atoms with Gasteiger partial charge in [-0.1, -0.05) is 41.6 Å². The van der Waals surface area contributed by atoms with Gasteiger partial charge in [0.1, 0.15) is 5.75 Å². The predicted octanol–water partition coefficient (Wildman–Crippen LogP) is 3.59. The summed E-state index contributed by atoms with van der Waals surface area (Å²) in [5.74, 6) is -0.762. The zero-order chi connectivity index (χ0) is 18.0. The highest BCUT2D eigenvalue weighted by atomic mass is 35.5. The van der Waals surface area contributed by atoms with E-state index < -0.39 is 11.8 Å². The molecule has 2 N–H and O–H groups in total. The van der Waals surface area contributed by atoms with E-state index >= 15 is 0 Å². The molecule has 0 spiro atoms. The summed E-state index contributed by atoms with van der Waals surface area (Å²) >= 11 is 12.1. The normalized spacial score (nSPS) is 15.7. The van der Waals surface area contributed by atoms with Gasteiger partial charge in [-0.05, 0) is 54.2 Å². The molecule has 2 aromatic carbocycles. The smallest absolute Gasteiger partial charge is 0.285 e. The van der Waals surface area contributed by atoms with Crippen LogP contribution in [0.4, 0.5) is 0 Å². The van der Waals surface area contributed by atoms with E-state index in [0.29, 0.717) is 15.5 Å². The maximum absolute atomic E-state index is 12.5. The lowest BCUT2D eigenvalue weighted by Crippen LogP contribution is -2.44. The van der Waals surface area contributed by atoms with Gasteiger partial charge in [-0.15, -0.1) is 0 Å². The number of benzene rings is 2. The van der Waals surface area contributed by atoms with Crippen LogP contribution in [-0.4, -0.2) is 26.3 Å². The summed E-state index contributed by atoms with van der Waals surface area (Å²) in [5.41, 5.74) is 3.55. The second-order valence-electron chi connectivity index (χ2n) is 5.06. The van der Waals surface area contributed by atoms with Gasteiger partial charge < -0.3 is 5.11 Å². The van der Waals surface area contributed by atoms with Gasteiger partial charge in [0.15, 0.2) is 4.32 Å². The van der Waals surface area contributed by atoms with Crippen LogP contribution in [0.5, 0.6) is 5.75 Å². The number of nitrogens with one attached hydrogen (secondary N) is 1. The minimum absolute atomic E-state index is 0.137. The number of hydrazine groups is 1. The van der Waals surface area contributed by atoms with Crippen molar-refractivity contribution in [2.24, 2.45) is 0 Å². The zero-order valence-electron chi connectivity index (χ0n) is 12.6. The number of aromatic hydroxyl groups is 1. The fourth-order valence-corrected chi connectivity index (χ4v) is 3.45. The van der Waals surface area contributed by atoms with Gasteiger partial charge in [-0.2, -0.15) is 5.01 Å². The van der Waals surface area contributed by atoms with Crippen LogP contribution in [0, 0.1) is 0 Å². The molecule has 3 rings (SSSR count). The highest BCUT2D eigenvalue weighted by Crippen LogP contribution is 2.31. The standard InChI is InChI=1S/C17H11ClN2O3S2/c18-12-3-1-2-11(9-12)15(22)19-20-16(23)14(25-17(20)24)8-10-4-6-13(21)7-5-10/h1-9,21H,(H,19,22)/b14-8+. The van der Waals surface area contributed by atoms with E-state index in [-0.39, 0.29) is 10.1 Å². The minimum Gasteiger partial charge on any atom is -0.508 e. The number of phenols is 1. The molecule has 126 valence electrons. The topological polar surface area (TPSA) is 69.6 Å². The maximum atomic E-state index is 12.5. The Bertz CT molecular complexity index is 897. The van der Waals surface area contributed by atoms with Crippen molar-refractivity contribution in [1.29, 1.82) is 0 Å². The molecule has 0 aliphatic carbocycles. The summed E-state index contributed by atoms with van der Waals surface area (Å²) < 4.78 is 0.227. The summed E-state index contributed by atoms with van der Waals surface area (Å²) in [6, 6.07) is 12.8. The highest BCUT2D eigenvalue weighted by Gasteiger charge is 2.33. The highest BCUT2D eigenvalue weighted by molar-refractivity contribution is 8.26. The van der Waals surface area contributed by atoms with E-state index in [1.165, 1.54) is 18.2 Å². The van der Waals surface area contributed by atoms with Crippen molar-refractivity contribution in [2.45, 2.75) is 0 Å². The van der Waals surface area contributed by atoms with Gasteiger partial charge in [-0.25, -0.2) is 0 Å². The van der Waals surface area contributed by atoms with Crippen LogP contribution in [0.1, 0.15) is 15.9 Å². The van der Waals surface area contributed by atoms with Gasteiger partial charge >= 0.3 is 0 Å². The molecule has 1 aliphatic rings. The number of hydrogen-bond donors (Lipinski definition) is 2. The zero-order valence-corrected chi connectivity index (χ0v) is 15.0. The molecule has 0 bridgehead atoms. The molecule has 1 fully saturated rings. The number of nitrogens with zero attached hydrogens (tertiary/aromatic N) is 1. The Labute approximate surface area is 158 Å². The van der Waals surface area contributed by atoms with Crippen LogP contribution in [0.2, 0.25) is 5.02 Å². The molecule has 0 atom stereocenters. The number of carbonyl (C=O) groups is 2. The van der Waals surface area contributed by atoms with Crippen molar-refractivity contribution >= 4 is 57.8 Å². The number of carbonyl (C=O) groups excluding carboxylic acids is 2. The third-order valence-electron chi connectivity index (χ3n) is 3.28. The number of amides is 2. The summed E-state index contributed by atoms with van der Waals surface area (Å²) in [4.78, 5) is 25.1. The molecule has 0 unspecified atom stereocenters. The van der Waals surface area contributed by atoms with Crippen LogP contribution in [0.25, 0.3) is 6.08 Å². The predicted molar refractivity (Wildman–Crippen MR) is 102 cm³/mol. The molecule has 0 aromatic heterocycles. The number of thioether (sulfide) groups is 1. The Morgan fingerprint density at radius 1 is 1.24 bits per heavy atom. The molecule has 5 nitrogen and oxygen atoms in total. The molecule has 1 heterocycles. The Morgan fingerprint density at radius 3 is 2.64 bits per heavy atom. The van der Waals surface area contributed by atoms with Gasteiger partial charge in [-0.3, -0.25) is 15.0 Å². The van der Waals surface area contributed by atoms with Crippen molar-refractivity contribution in [3.63, 3.8) is 0 Å². The van der Waals surface area contributed by atoms with Crippen molar-refractivity contribution < 1.29 is 14.7 Å². The summed E-state index contributed by atoms with van der Waals surface area (Å²) in [7, 11) is 0. The first-order valence-corrected chi connectivity index (χ1v) is 8.68. The van der Waals surface area contributed by atoms with Crippen LogP contribution in [0.3, 0.4) is 0 Å². The van der Waals surface area contributed by atoms with E-state index in [0.717, 1.165) is 22.3 Å². The van der Waals surface area contributed by atoms with Crippen LogP contribution in [0.15, 0.2) is 53.4 Å². The molecule has 1 saturated heterocycles. The fourth-order valence-electron chi connectivity index (χ4n) is 2.08. The van der Waals surface area contributed by atoms with Gasteiger partial charge in [0.05, 0.1) is 4.91 Å². The second-order valence-corrected chi connectivity index (χ2v) is 7.17. The van der Waals surface area contributed by atoms with Crippen LogP contribution in [-0.2, 0) is 4.79 Å². The van der Waals surface area contributed by atoms with Crippen molar-refractivity contribution in [2.75, 3.05) is 0 Å². The maximum Gasteiger partial charge on any atom is 0.285 e. The Balaban J connectivity index is 1.77. The summed E-state index contributed by atoms with van der Waals surface area (Å²) in [6.45, 7) is 0. The van der Waals surface area contributed by atoms with Crippen LogP contribution < -0.4 is 5.43 Å². The monoisotopic (exact) mass is 390 g/mol. The minimum atomic E-state index is -0.482. The molecule has 2 amide bonds. The number of halogens is 1. The molecule has 1 aliphatic heterocycles. The lowest BCUT2D eigenvalue weighted by atomic mass is 10.2. The quantitative estimate of drug-likeness (QED) is 0.619. The Morgan fingerprint density at radius 2 is 1.96 bits per heavy atom. The first-order chi connectivity index (χ1) is 11.9. The summed E-state index contributed by atoms with van der Waals surface area (Å²) in [6.07, 6.45) is 1.64. The van der Waals surface area contributed by atoms with E-state index in [1.54, 1.807) is 36.4 Å². The average molecular weight is 391 g/mol. The molecule has 0 saturated carbocycles. The van der Waals surface area contributed by atoms with E-state index in [4.69, 9.17) is 23.8 Å². The molecule has 8 heteroatoms. The van der Waals surface area contributed by atoms with Crippen molar-refractivity contribution in [3.8, 4) is 5.75 Å². The van der Waals surface area contributed by atoms with E-state index in [2.05, 4.69) is 5.43 Å². The Kier molecular flexibility index (Phi) is 5.08. The number of hydrogen-bond acceptors (Lipinski definition) is 5. The fraction of sp³-hybridized carbons (Fsp3) is 0. The van der Waals surface area contributed by atoms with E-state index in [1.807, 2.05) is 0 Å². The van der Waals surface area contributed by atoms with E-state index in [9.17, 15) is 14.7 Å². The average Bonchev–Trinajstić information content (AvgIpc) is 2.84. The van der Waals surface area contributed by atoms with Crippen molar-refractivity contribution in [3.05, 3.63) is 69.6 Å². The molecular weight excluding hydrogens is 380 g/mol. The second kappa shape index (κ2) is 7.26. The van der Waals surface area contributed by atoms with Crippen LogP contribution >= 0.6 is 35.6 Å². The third-order valence-corrected chi connectivity index (χ3v) is 4.82. The van der Waals surface area contributed by atoms with Crippen molar-refractivity contribution in [1.82, 2.24) is 10.4 Å². The number of rotatable bonds is 3. The largest absolute Gasteiger partial charge is 0.508 e. The van der Waals surface area contributed by atoms with Gasteiger partial charge in [0, 0.05) is 10.6 Å². The third kappa shape index (κ3) is 4.01. The lowest BCUT2D eigenvalue weighted by molar-refractivity contribution is -0.123. The summed E-state index contributed by atoms with van der Waals surface area (Å²) in [5, 5.41) is 10.8. The van der Waals surface area contributed by atoms with Gasteiger partial charge in [0.25, 0.3) is 11.8 Å². The first kappa shape index (κ1) is 17.5. The Hall–Kier alpha value is -2.35. The molecule has 0 radical (unpaired) electrons. The molecule has 25 heavy (non-hydrogen) atoms.